The van der Waals surface area contributed by atoms with Crippen molar-refractivity contribution in [1.29, 1.82) is 0 Å². The van der Waals surface area contributed by atoms with Gasteiger partial charge in [0.2, 0.25) is 0 Å². The molecule has 2 nitrogen and oxygen atoms in total. The zero-order chi connectivity index (χ0) is 12.8. The minimum atomic E-state index is 0.0790. The van der Waals surface area contributed by atoms with Gasteiger partial charge in [0.05, 0.1) is 11.7 Å². The summed E-state index contributed by atoms with van der Waals surface area (Å²) in [7, 11) is 0. The maximum atomic E-state index is 4.55. The van der Waals surface area contributed by atoms with E-state index < -0.39 is 0 Å². The molecule has 2 aromatic rings. The minimum Gasteiger partial charge on any atom is -0.303 e. The van der Waals surface area contributed by atoms with Gasteiger partial charge in [-0.3, -0.25) is 0 Å². The highest BCUT2D eigenvalue weighted by Crippen LogP contribution is 2.26. The first-order chi connectivity index (χ1) is 7.69. The lowest BCUT2D eigenvalue weighted by Crippen LogP contribution is -2.16. The highest BCUT2D eigenvalue weighted by Gasteiger charge is 2.20. The second kappa shape index (κ2) is 3.59. The lowest BCUT2D eigenvalue weighted by atomic mass is 9.87. The number of pyridine rings is 1. The molecule has 0 bridgehead atoms. The van der Waals surface area contributed by atoms with Crippen molar-refractivity contribution in [2.24, 2.45) is 0 Å². The van der Waals surface area contributed by atoms with Crippen LogP contribution in [0, 0.1) is 0 Å². The van der Waals surface area contributed by atoms with Gasteiger partial charge in [0.15, 0.2) is 0 Å². The number of rotatable bonds is 0. The molecule has 92 valence electrons. The maximum Gasteiger partial charge on any atom is 0.118 e. The number of imidazole rings is 1. The summed E-state index contributed by atoms with van der Waals surface area (Å²) < 4.78 is 2.19. The van der Waals surface area contributed by atoms with Crippen LogP contribution >= 0.6 is 0 Å². The summed E-state index contributed by atoms with van der Waals surface area (Å²) in [6, 6.07) is 4.44. The zero-order valence-corrected chi connectivity index (χ0v) is 11.7. The Morgan fingerprint density at radius 3 is 2.18 bits per heavy atom. The van der Waals surface area contributed by atoms with E-state index in [1.54, 1.807) is 0 Å². The molecule has 0 aromatic carbocycles. The van der Waals surface area contributed by atoms with E-state index in [0.29, 0.717) is 0 Å². The lowest BCUT2D eigenvalue weighted by Gasteiger charge is -2.20. The highest BCUT2D eigenvalue weighted by molar-refractivity contribution is 5.50. The Morgan fingerprint density at radius 2 is 1.65 bits per heavy atom. The lowest BCUT2D eigenvalue weighted by molar-refractivity contribution is 0.542. The molecule has 0 aliphatic heterocycles. The van der Waals surface area contributed by atoms with Crippen LogP contribution in [-0.2, 0) is 10.8 Å². The first-order valence-electron chi connectivity index (χ1n) is 6.18. The predicted molar refractivity (Wildman–Crippen MR) is 72.6 cm³/mol. The molecule has 0 radical (unpaired) electrons. The summed E-state index contributed by atoms with van der Waals surface area (Å²) in [5.41, 5.74) is 2.80. The van der Waals surface area contributed by atoms with Crippen LogP contribution in [0.1, 0.15) is 52.9 Å². The van der Waals surface area contributed by atoms with Gasteiger partial charge in [0, 0.05) is 11.6 Å². The Balaban J connectivity index is 2.61. The van der Waals surface area contributed by atoms with E-state index in [1.165, 1.54) is 11.1 Å². The van der Waals surface area contributed by atoms with E-state index in [4.69, 9.17) is 0 Å². The van der Waals surface area contributed by atoms with Crippen LogP contribution in [0.5, 0.6) is 0 Å². The molecular formula is C15H22N2. The second-order valence-corrected chi connectivity index (χ2v) is 6.79. The number of aromatic nitrogens is 2. The third-order valence-corrected chi connectivity index (χ3v) is 3.07. The number of hydrogen-bond donors (Lipinski definition) is 0. The van der Waals surface area contributed by atoms with Crippen molar-refractivity contribution in [3.63, 3.8) is 0 Å². The fraction of sp³-hybridized carbons (Fsp3) is 0.533. The molecule has 0 saturated carbocycles. The fourth-order valence-corrected chi connectivity index (χ4v) is 2.02. The third-order valence-electron chi connectivity index (χ3n) is 3.07. The fourth-order valence-electron chi connectivity index (χ4n) is 2.02. The topological polar surface area (TPSA) is 17.3 Å². The van der Waals surface area contributed by atoms with Crippen LogP contribution in [0.4, 0.5) is 0 Å². The third kappa shape index (κ3) is 2.21. The Morgan fingerprint density at radius 1 is 1.00 bits per heavy atom. The van der Waals surface area contributed by atoms with Crippen molar-refractivity contribution >= 4 is 5.52 Å². The van der Waals surface area contributed by atoms with E-state index in [2.05, 4.69) is 69.3 Å². The zero-order valence-electron chi connectivity index (χ0n) is 11.7. The van der Waals surface area contributed by atoms with Crippen molar-refractivity contribution in [2.45, 2.75) is 52.4 Å². The van der Waals surface area contributed by atoms with Crippen molar-refractivity contribution in [3.8, 4) is 0 Å². The van der Waals surface area contributed by atoms with Crippen LogP contribution in [0.25, 0.3) is 5.52 Å². The molecule has 2 aromatic heterocycles. The van der Waals surface area contributed by atoms with Gasteiger partial charge in [0.25, 0.3) is 0 Å². The van der Waals surface area contributed by atoms with Gasteiger partial charge >= 0.3 is 0 Å². The van der Waals surface area contributed by atoms with Crippen LogP contribution in [0.15, 0.2) is 24.5 Å². The summed E-state index contributed by atoms with van der Waals surface area (Å²) >= 11 is 0. The molecule has 0 atom stereocenters. The van der Waals surface area contributed by atoms with Crippen LogP contribution in [0.2, 0.25) is 0 Å². The van der Waals surface area contributed by atoms with Crippen LogP contribution in [-0.4, -0.2) is 9.38 Å². The largest absolute Gasteiger partial charge is 0.303 e. The van der Waals surface area contributed by atoms with Gasteiger partial charge < -0.3 is 4.40 Å². The molecule has 0 N–H and O–H groups in total. The summed E-state index contributed by atoms with van der Waals surface area (Å²) in [6.07, 6.45) is 4.11. The predicted octanol–water partition coefficient (Wildman–Crippen LogP) is 3.93. The summed E-state index contributed by atoms with van der Waals surface area (Å²) in [5.74, 6) is 1.12. The van der Waals surface area contributed by atoms with Gasteiger partial charge in [0.1, 0.15) is 5.82 Å². The number of fused-ring (bicyclic) bond motifs is 1. The minimum absolute atomic E-state index is 0.0790. The highest BCUT2D eigenvalue weighted by atomic mass is 15.0. The van der Waals surface area contributed by atoms with Crippen LogP contribution in [0.3, 0.4) is 0 Å². The first-order valence-corrected chi connectivity index (χ1v) is 6.18. The summed E-state index contributed by atoms with van der Waals surface area (Å²) in [5, 5.41) is 0. The van der Waals surface area contributed by atoms with Crippen molar-refractivity contribution in [3.05, 3.63) is 35.9 Å². The van der Waals surface area contributed by atoms with E-state index in [9.17, 15) is 0 Å². The average Bonchev–Trinajstić information content (AvgIpc) is 2.57. The van der Waals surface area contributed by atoms with Gasteiger partial charge in [-0.2, -0.15) is 0 Å². The average molecular weight is 230 g/mol. The molecule has 0 aliphatic rings. The molecule has 0 amide bonds. The number of hydrogen-bond acceptors (Lipinski definition) is 1. The smallest absolute Gasteiger partial charge is 0.118 e. The molecule has 0 unspecified atom stereocenters. The maximum absolute atomic E-state index is 4.55. The molecule has 2 heteroatoms. The van der Waals surface area contributed by atoms with Gasteiger partial charge in [-0.05, 0) is 23.1 Å². The Bertz CT molecular complexity index is 536. The normalized spacial score (nSPS) is 13.3. The Kier molecular flexibility index (Phi) is 2.57. The van der Waals surface area contributed by atoms with Crippen molar-refractivity contribution in [2.75, 3.05) is 0 Å². The monoisotopic (exact) mass is 230 g/mol. The van der Waals surface area contributed by atoms with E-state index in [0.717, 1.165) is 5.82 Å². The second-order valence-electron chi connectivity index (χ2n) is 6.79. The molecule has 0 aliphatic carbocycles. The molecule has 2 heterocycles. The van der Waals surface area contributed by atoms with Crippen LogP contribution < -0.4 is 0 Å². The molecule has 0 spiro atoms. The van der Waals surface area contributed by atoms with Crippen molar-refractivity contribution in [1.82, 2.24) is 9.38 Å². The summed E-state index contributed by atoms with van der Waals surface area (Å²) in [6.45, 7) is 13.3. The Labute approximate surface area is 104 Å². The molecule has 0 saturated heterocycles. The van der Waals surface area contributed by atoms with Gasteiger partial charge in [-0.25, -0.2) is 4.98 Å². The molecule has 2 rings (SSSR count). The standard InChI is InChI=1S/C15H22N2/c1-14(2,3)11-7-8-17-12(9-11)10-16-13(17)15(4,5)6/h7-10H,1-6H3. The molecular weight excluding hydrogens is 208 g/mol. The van der Waals surface area contributed by atoms with E-state index in [-0.39, 0.29) is 10.8 Å². The quantitative estimate of drug-likeness (QED) is 0.670. The van der Waals surface area contributed by atoms with Gasteiger partial charge in [-0.1, -0.05) is 41.5 Å². The van der Waals surface area contributed by atoms with E-state index in [1.807, 2.05) is 6.20 Å². The van der Waals surface area contributed by atoms with Crippen molar-refractivity contribution < 1.29 is 0 Å². The summed E-state index contributed by atoms with van der Waals surface area (Å²) in [4.78, 5) is 4.55. The van der Waals surface area contributed by atoms with E-state index >= 15 is 0 Å². The van der Waals surface area contributed by atoms with Gasteiger partial charge in [-0.15, -0.1) is 0 Å². The SMILES string of the molecule is CC(C)(C)c1ccn2c(C(C)(C)C)ncc2c1. The molecule has 17 heavy (non-hydrogen) atoms. The first kappa shape index (κ1) is 12.2. The molecule has 0 fully saturated rings. The number of nitrogens with zero attached hydrogens (tertiary/aromatic N) is 2. The Hall–Kier alpha value is -1.31.